The van der Waals surface area contributed by atoms with Gasteiger partial charge in [-0.25, -0.2) is 0 Å². The van der Waals surface area contributed by atoms with Crippen molar-refractivity contribution in [1.29, 1.82) is 0 Å². The molecule has 134 valence electrons. The molecule has 26 heavy (non-hydrogen) atoms. The predicted molar refractivity (Wildman–Crippen MR) is 102 cm³/mol. The third-order valence-corrected chi connectivity index (χ3v) is 5.45. The van der Waals surface area contributed by atoms with Gasteiger partial charge in [0.05, 0.1) is 5.92 Å². The minimum Gasteiger partial charge on any atom is -0.338 e. The fraction of sp³-hybridized carbons (Fsp3) is 0.364. The van der Waals surface area contributed by atoms with Crippen LogP contribution in [-0.4, -0.2) is 23.3 Å². The van der Waals surface area contributed by atoms with Gasteiger partial charge >= 0.3 is 0 Å². The maximum absolute atomic E-state index is 12.6. The SMILES string of the molecule is Cc1ccc(CN2C[C@H](C(=O)Nc3ccc4c(c3)CCC4)CC2=O)cc1. The number of amides is 2. The lowest BCUT2D eigenvalue weighted by atomic mass is 10.1. The molecule has 2 aromatic rings. The van der Waals surface area contributed by atoms with E-state index in [4.69, 9.17) is 0 Å². The first-order valence-corrected chi connectivity index (χ1v) is 9.34. The molecule has 0 unspecified atom stereocenters. The van der Waals surface area contributed by atoms with Gasteiger partial charge in [0.2, 0.25) is 11.8 Å². The van der Waals surface area contributed by atoms with Crippen LogP contribution in [0.2, 0.25) is 0 Å². The molecule has 4 heteroatoms. The van der Waals surface area contributed by atoms with Gasteiger partial charge in [-0.2, -0.15) is 0 Å². The van der Waals surface area contributed by atoms with E-state index in [9.17, 15) is 9.59 Å². The second-order valence-electron chi connectivity index (χ2n) is 7.49. The van der Waals surface area contributed by atoms with Gasteiger partial charge in [-0.3, -0.25) is 9.59 Å². The monoisotopic (exact) mass is 348 g/mol. The molecule has 0 radical (unpaired) electrons. The summed E-state index contributed by atoms with van der Waals surface area (Å²) in [6.45, 7) is 3.11. The van der Waals surface area contributed by atoms with Gasteiger partial charge in [-0.1, -0.05) is 35.9 Å². The van der Waals surface area contributed by atoms with Crippen LogP contribution in [0.25, 0.3) is 0 Å². The Hall–Kier alpha value is -2.62. The number of likely N-dealkylation sites (tertiary alicyclic amines) is 1. The Labute approximate surface area is 154 Å². The van der Waals surface area contributed by atoms with Crippen LogP contribution in [0, 0.1) is 12.8 Å². The smallest absolute Gasteiger partial charge is 0.229 e. The number of aryl methyl sites for hydroxylation is 3. The summed E-state index contributed by atoms with van der Waals surface area (Å²) in [6.07, 6.45) is 3.71. The zero-order chi connectivity index (χ0) is 18.1. The maximum Gasteiger partial charge on any atom is 0.229 e. The lowest BCUT2D eigenvalue weighted by Gasteiger charge is -2.17. The molecule has 2 aliphatic rings. The largest absolute Gasteiger partial charge is 0.338 e. The van der Waals surface area contributed by atoms with Crippen LogP contribution < -0.4 is 5.32 Å². The summed E-state index contributed by atoms with van der Waals surface area (Å²) in [7, 11) is 0. The molecule has 1 N–H and O–H groups in total. The van der Waals surface area contributed by atoms with Crippen LogP contribution in [-0.2, 0) is 29.0 Å². The van der Waals surface area contributed by atoms with Gasteiger partial charge in [0.15, 0.2) is 0 Å². The lowest BCUT2D eigenvalue weighted by Crippen LogP contribution is -2.28. The second kappa shape index (κ2) is 6.94. The van der Waals surface area contributed by atoms with Crippen molar-refractivity contribution in [3.8, 4) is 0 Å². The summed E-state index contributed by atoms with van der Waals surface area (Å²) < 4.78 is 0. The van der Waals surface area contributed by atoms with E-state index in [2.05, 4.69) is 17.4 Å². The minimum absolute atomic E-state index is 0.0531. The quantitative estimate of drug-likeness (QED) is 0.920. The first-order chi connectivity index (χ1) is 12.6. The molecule has 1 aliphatic carbocycles. The van der Waals surface area contributed by atoms with E-state index in [-0.39, 0.29) is 17.7 Å². The van der Waals surface area contributed by atoms with E-state index in [1.807, 2.05) is 37.3 Å². The van der Waals surface area contributed by atoms with Crippen molar-refractivity contribution in [2.24, 2.45) is 5.92 Å². The Morgan fingerprint density at radius 3 is 2.69 bits per heavy atom. The molecule has 4 nitrogen and oxygen atoms in total. The highest BCUT2D eigenvalue weighted by molar-refractivity contribution is 5.97. The number of benzene rings is 2. The molecule has 1 aliphatic heterocycles. The molecule has 0 saturated carbocycles. The zero-order valence-electron chi connectivity index (χ0n) is 15.1. The Balaban J connectivity index is 1.38. The first kappa shape index (κ1) is 16.8. The van der Waals surface area contributed by atoms with Gasteiger partial charge in [0.25, 0.3) is 0 Å². The highest BCUT2D eigenvalue weighted by Gasteiger charge is 2.34. The summed E-state index contributed by atoms with van der Waals surface area (Å²) >= 11 is 0. The Morgan fingerprint density at radius 1 is 1.12 bits per heavy atom. The van der Waals surface area contributed by atoms with E-state index in [0.29, 0.717) is 19.5 Å². The fourth-order valence-corrected chi connectivity index (χ4v) is 3.91. The normalized spacial score (nSPS) is 18.9. The zero-order valence-corrected chi connectivity index (χ0v) is 15.1. The lowest BCUT2D eigenvalue weighted by molar-refractivity contribution is -0.128. The van der Waals surface area contributed by atoms with Gasteiger partial charge in [0.1, 0.15) is 0 Å². The molecule has 1 fully saturated rings. The fourth-order valence-electron chi connectivity index (χ4n) is 3.91. The van der Waals surface area contributed by atoms with E-state index in [1.54, 1.807) is 4.90 Å². The summed E-state index contributed by atoms with van der Waals surface area (Å²) in [5.41, 5.74) is 5.88. The molecular formula is C22H24N2O2. The molecule has 0 spiro atoms. The van der Waals surface area contributed by atoms with Crippen LogP contribution in [0.1, 0.15) is 35.1 Å². The van der Waals surface area contributed by atoms with Crippen molar-refractivity contribution in [3.05, 3.63) is 64.7 Å². The molecule has 0 aromatic heterocycles. The van der Waals surface area contributed by atoms with E-state index < -0.39 is 0 Å². The average molecular weight is 348 g/mol. The molecule has 4 rings (SSSR count). The number of nitrogens with zero attached hydrogens (tertiary/aromatic N) is 1. The van der Waals surface area contributed by atoms with Crippen molar-refractivity contribution < 1.29 is 9.59 Å². The van der Waals surface area contributed by atoms with Crippen molar-refractivity contribution in [2.45, 2.75) is 39.2 Å². The highest BCUT2D eigenvalue weighted by atomic mass is 16.2. The van der Waals surface area contributed by atoms with E-state index in [1.165, 1.54) is 23.1 Å². The number of carbonyl (C=O) groups is 2. The molecule has 2 amide bonds. The summed E-state index contributed by atoms with van der Waals surface area (Å²) in [4.78, 5) is 26.7. The first-order valence-electron chi connectivity index (χ1n) is 9.34. The van der Waals surface area contributed by atoms with Gasteiger partial charge < -0.3 is 10.2 Å². The number of hydrogen-bond acceptors (Lipinski definition) is 2. The Morgan fingerprint density at radius 2 is 1.88 bits per heavy atom. The molecule has 0 bridgehead atoms. The number of fused-ring (bicyclic) bond motifs is 1. The third-order valence-electron chi connectivity index (χ3n) is 5.45. The predicted octanol–water partition coefficient (Wildman–Crippen LogP) is 3.47. The van der Waals surface area contributed by atoms with Crippen LogP contribution in [0.5, 0.6) is 0 Å². The maximum atomic E-state index is 12.6. The van der Waals surface area contributed by atoms with Gasteiger partial charge in [-0.05, 0) is 55.0 Å². The number of rotatable bonds is 4. The second-order valence-corrected chi connectivity index (χ2v) is 7.49. The summed E-state index contributed by atoms with van der Waals surface area (Å²) in [6, 6.07) is 14.4. The van der Waals surface area contributed by atoms with Crippen LogP contribution in [0.4, 0.5) is 5.69 Å². The van der Waals surface area contributed by atoms with Crippen LogP contribution in [0.3, 0.4) is 0 Å². The topological polar surface area (TPSA) is 49.4 Å². The molecule has 2 aromatic carbocycles. The molecule has 1 heterocycles. The average Bonchev–Trinajstić information content (AvgIpc) is 3.23. The van der Waals surface area contributed by atoms with E-state index in [0.717, 1.165) is 24.1 Å². The van der Waals surface area contributed by atoms with Crippen molar-refractivity contribution in [2.75, 3.05) is 11.9 Å². The summed E-state index contributed by atoms with van der Waals surface area (Å²) in [5.74, 6) is -0.274. The number of anilines is 1. The number of nitrogens with one attached hydrogen (secondary N) is 1. The van der Waals surface area contributed by atoms with Crippen molar-refractivity contribution in [1.82, 2.24) is 4.90 Å². The Bertz CT molecular complexity index is 842. The standard InChI is InChI=1S/C22H24N2O2/c1-15-5-7-16(8-6-15)13-24-14-19(12-21(24)25)22(26)23-20-10-9-17-3-2-4-18(17)11-20/h5-11,19H,2-4,12-14H2,1H3,(H,23,26)/t19-/m1/s1. The summed E-state index contributed by atoms with van der Waals surface area (Å²) in [5, 5.41) is 3.01. The van der Waals surface area contributed by atoms with Crippen molar-refractivity contribution in [3.63, 3.8) is 0 Å². The highest BCUT2D eigenvalue weighted by Crippen LogP contribution is 2.26. The van der Waals surface area contributed by atoms with Crippen LogP contribution in [0.15, 0.2) is 42.5 Å². The molecule has 1 atom stereocenters. The molecule has 1 saturated heterocycles. The molecular weight excluding hydrogens is 324 g/mol. The number of carbonyl (C=O) groups excluding carboxylic acids is 2. The van der Waals surface area contributed by atoms with E-state index >= 15 is 0 Å². The Kier molecular flexibility index (Phi) is 4.49. The van der Waals surface area contributed by atoms with Crippen molar-refractivity contribution >= 4 is 17.5 Å². The third kappa shape index (κ3) is 3.50. The number of hydrogen-bond donors (Lipinski definition) is 1. The minimum atomic E-state index is -0.277. The van der Waals surface area contributed by atoms with Crippen LogP contribution >= 0.6 is 0 Å². The van der Waals surface area contributed by atoms with Gasteiger partial charge in [-0.15, -0.1) is 0 Å². The van der Waals surface area contributed by atoms with Gasteiger partial charge in [0, 0.05) is 25.2 Å².